The van der Waals surface area contributed by atoms with Crippen LogP contribution in [0.1, 0.15) is 17.0 Å². The normalized spacial score (nSPS) is 12.7. The largest absolute Gasteiger partial charge is 0.361 e. The van der Waals surface area contributed by atoms with Gasteiger partial charge >= 0.3 is 0 Å². The fraction of sp³-hybridized carbons (Fsp3) is 0.125. The molecule has 0 bridgehead atoms. The van der Waals surface area contributed by atoms with Gasteiger partial charge < -0.3 is 10.7 Å². The molecule has 1 atom stereocenters. The van der Waals surface area contributed by atoms with Gasteiger partial charge in [-0.1, -0.05) is 36.4 Å². The van der Waals surface area contributed by atoms with Gasteiger partial charge in [0.2, 0.25) is 0 Å². The van der Waals surface area contributed by atoms with Gasteiger partial charge in [0.25, 0.3) is 0 Å². The van der Waals surface area contributed by atoms with Crippen LogP contribution >= 0.6 is 0 Å². The SMILES string of the molecule is NCC(c1ccccc1F)c1c[nH]c2ccccc12. The highest BCUT2D eigenvalue weighted by atomic mass is 19.1. The van der Waals surface area contributed by atoms with Gasteiger partial charge in [0.15, 0.2) is 0 Å². The maximum Gasteiger partial charge on any atom is 0.127 e. The Hall–Kier alpha value is -2.13. The third kappa shape index (κ3) is 2.02. The molecule has 0 aliphatic rings. The van der Waals surface area contributed by atoms with Crippen molar-refractivity contribution in [2.45, 2.75) is 5.92 Å². The van der Waals surface area contributed by atoms with E-state index in [9.17, 15) is 4.39 Å². The highest BCUT2D eigenvalue weighted by molar-refractivity contribution is 5.84. The van der Waals surface area contributed by atoms with Crippen molar-refractivity contribution in [2.75, 3.05) is 6.54 Å². The summed E-state index contributed by atoms with van der Waals surface area (Å²) in [7, 11) is 0. The molecule has 2 nitrogen and oxygen atoms in total. The predicted octanol–water partition coefficient (Wildman–Crippen LogP) is 3.40. The quantitative estimate of drug-likeness (QED) is 0.739. The van der Waals surface area contributed by atoms with Crippen LogP contribution in [0.3, 0.4) is 0 Å². The van der Waals surface area contributed by atoms with Crippen LogP contribution in [0.15, 0.2) is 54.7 Å². The molecule has 0 saturated carbocycles. The van der Waals surface area contributed by atoms with E-state index in [1.807, 2.05) is 36.5 Å². The summed E-state index contributed by atoms with van der Waals surface area (Å²) in [5.41, 5.74) is 8.62. The number of benzene rings is 2. The van der Waals surface area contributed by atoms with E-state index in [0.29, 0.717) is 12.1 Å². The van der Waals surface area contributed by atoms with E-state index in [0.717, 1.165) is 16.5 Å². The lowest BCUT2D eigenvalue weighted by Crippen LogP contribution is -2.14. The molecule has 19 heavy (non-hydrogen) atoms. The van der Waals surface area contributed by atoms with Crippen molar-refractivity contribution in [1.82, 2.24) is 4.98 Å². The number of halogens is 1. The van der Waals surface area contributed by atoms with Crippen LogP contribution in [0.4, 0.5) is 4.39 Å². The van der Waals surface area contributed by atoms with E-state index in [1.54, 1.807) is 12.1 Å². The Bertz CT molecular complexity index is 703. The van der Waals surface area contributed by atoms with Gasteiger partial charge in [0, 0.05) is 29.6 Å². The fourth-order valence-corrected chi connectivity index (χ4v) is 2.56. The number of rotatable bonds is 3. The Morgan fingerprint density at radius 3 is 2.53 bits per heavy atom. The zero-order valence-electron chi connectivity index (χ0n) is 10.4. The molecule has 0 aliphatic heterocycles. The molecule has 0 saturated heterocycles. The third-order valence-electron chi connectivity index (χ3n) is 3.51. The first-order chi connectivity index (χ1) is 9.31. The summed E-state index contributed by atoms with van der Waals surface area (Å²) in [4.78, 5) is 3.21. The standard InChI is InChI=1S/C16H15FN2/c17-15-7-3-1-5-11(15)13(9-18)14-10-19-16-8-4-2-6-12(14)16/h1-8,10,13,19H,9,18H2. The van der Waals surface area contributed by atoms with Crippen LogP contribution < -0.4 is 5.73 Å². The number of hydrogen-bond donors (Lipinski definition) is 2. The minimum atomic E-state index is -0.205. The molecule has 3 aromatic rings. The Morgan fingerprint density at radius 1 is 1.00 bits per heavy atom. The van der Waals surface area contributed by atoms with Gasteiger partial charge in [0.1, 0.15) is 5.82 Å². The molecule has 96 valence electrons. The Morgan fingerprint density at radius 2 is 1.74 bits per heavy atom. The highest BCUT2D eigenvalue weighted by Crippen LogP contribution is 2.31. The number of nitrogens with two attached hydrogens (primary N) is 1. The van der Waals surface area contributed by atoms with Gasteiger partial charge in [-0.25, -0.2) is 4.39 Å². The van der Waals surface area contributed by atoms with Crippen LogP contribution in [0.2, 0.25) is 0 Å². The van der Waals surface area contributed by atoms with Crippen molar-refractivity contribution in [2.24, 2.45) is 5.73 Å². The first-order valence-electron chi connectivity index (χ1n) is 6.31. The summed E-state index contributed by atoms with van der Waals surface area (Å²) in [6.07, 6.45) is 1.93. The van der Waals surface area contributed by atoms with Crippen molar-refractivity contribution < 1.29 is 4.39 Å². The molecular weight excluding hydrogens is 239 g/mol. The predicted molar refractivity (Wildman–Crippen MR) is 75.6 cm³/mol. The highest BCUT2D eigenvalue weighted by Gasteiger charge is 2.19. The number of aromatic amines is 1. The minimum absolute atomic E-state index is 0.127. The van der Waals surface area contributed by atoms with Crippen LogP contribution in [-0.2, 0) is 0 Å². The molecule has 0 aliphatic carbocycles. The summed E-state index contributed by atoms with van der Waals surface area (Å²) in [6.45, 7) is 0.378. The lowest BCUT2D eigenvalue weighted by molar-refractivity contribution is 0.598. The number of para-hydroxylation sites is 1. The summed E-state index contributed by atoms with van der Waals surface area (Å²) >= 11 is 0. The molecule has 1 aromatic heterocycles. The molecule has 3 N–H and O–H groups in total. The zero-order valence-corrected chi connectivity index (χ0v) is 10.4. The molecule has 1 heterocycles. The lowest BCUT2D eigenvalue weighted by Gasteiger charge is -2.15. The van der Waals surface area contributed by atoms with E-state index in [2.05, 4.69) is 4.98 Å². The lowest BCUT2D eigenvalue weighted by atomic mass is 9.91. The smallest absolute Gasteiger partial charge is 0.127 e. The Kier molecular flexibility index (Phi) is 3.05. The van der Waals surface area contributed by atoms with E-state index in [-0.39, 0.29) is 11.7 Å². The number of hydrogen-bond acceptors (Lipinski definition) is 1. The molecule has 0 spiro atoms. The molecule has 3 rings (SSSR count). The fourth-order valence-electron chi connectivity index (χ4n) is 2.56. The number of nitrogens with one attached hydrogen (secondary N) is 1. The second-order valence-electron chi connectivity index (χ2n) is 4.60. The average Bonchev–Trinajstić information content (AvgIpc) is 2.86. The van der Waals surface area contributed by atoms with E-state index < -0.39 is 0 Å². The number of H-pyrrole nitrogens is 1. The van der Waals surface area contributed by atoms with Crippen LogP contribution in [0.5, 0.6) is 0 Å². The van der Waals surface area contributed by atoms with Gasteiger partial charge in [-0.15, -0.1) is 0 Å². The number of aromatic nitrogens is 1. The summed E-state index contributed by atoms with van der Waals surface area (Å²) in [6, 6.07) is 14.8. The molecule has 0 amide bonds. The molecular formula is C16H15FN2. The van der Waals surface area contributed by atoms with E-state index >= 15 is 0 Å². The maximum absolute atomic E-state index is 14.0. The van der Waals surface area contributed by atoms with E-state index in [4.69, 9.17) is 5.73 Å². The topological polar surface area (TPSA) is 41.8 Å². The molecule has 0 radical (unpaired) electrons. The minimum Gasteiger partial charge on any atom is -0.361 e. The van der Waals surface area contributed by atoms with Gasteiger partial charge in [-0.3, -0.25) is 0 Å². The third-order valence-corrected chi connectivity index (χ3v) is 3.51. The first kappa shape index (κ1) is 11.9. The Labute approximate surface area is 111 Å². The summed E-state index contributed by atoms with van der Waals surface area (Å²) in [5.74, 6) is -0.333. The second kappa shape index (κ2) is 4.86. The van der Waals surface area contributed by atoms with Crippen molar-refractivity contribution in [3.8, 4) is 0 Å². The van der Waals surface area contributed by atoms with Crippen molar-refractivity contribution in [3.05, 3.63) is 71.7 Å². The summed E-state index contributed by atoms with van der Waals surface area (Å²) in [5, 5.41) is 1.10. The molecule has 3 heteroatoms. The van der Waals surface area contributed by atoms with Crippen molar-refractivity contribution in [3.63, 3.8) is 0 Å². The monoisotopic (exact) mass is 254 g/mol. The van der Waals surface area contributed by atoms with Gasteiger partial charge in [-0.2, -0.15) is 0 Å². The zero-order chi connectivity index (χ0) is 13.2. The molecule has 0 fully saturated rings. The van der Waals surface area contributed by atoms with Crippen molar-refractivity contribution in [1.29, 1.82) is 0 Å². The summed E-state index contributed by atoms with van der Waals surface area (Å²) < 4.78 is 14.0. The second-order valence-corrected chi connectivity index (χ2v) is 4.60. The maximum atomic E-state index is 14.0. The van der Waals surface area contributed by atoms with Crippen LogP contribution in [-0.4, -0.2) is 11.5 Å². The van der Waals surface area contributed by atoms with Crippen molar-refractivity contribution >= 4 is 10.9 Å². The molecule has 1 unspecified atom stereocenters. The first-order valence-corrected chi connectivity index (χ1v) is 6.31. The van der Waals surface area contributed by atoms with Gasteiger partial charge in [-0.05, 0) is 23.3 Å². The number of fused-ring (bicyclic) bond motifs is 1. The van der Waals surface area contributed by atoms with Crippen LogP contribution in [0.25, 0.3) is 10.9 Å². The Balaban J connectivity index is 2.15. The molecule has 2 aromatic carbocycles. The van der Waals surface area contributed by atoms with Gasteiger partial charge in [0.05, 0.1) is 0 Å². The van der Waals surface area contributed by atoms with E-state index in [1.165, 1.54) is 6.07 Å². The average molecular weight is 254 g/mol. The van der Waals surface area contributed by atoms with Crippen LogP contribution in [0, 0.1) is 5.82 Å².